The first-order valence-electron chi connectivity index (χ1n) is 7.27. The van der Waals surface area contributed by atoms with Crippen LogP contribution in [-0.4, -0.2) is 13.1 Å². The lowest BCUT2D eigenvalue weighted by atomic mass is 9.89. The molecule has 0 aromatic heterocycles. The predicted molar refractivity (Wildman–Crippen MR) is 81.7 cm³/mol. The summed E-state index contributed by atoms with van der Waals surface area (Å²) in [6.45, 7) is 1.81. The Morgan fingerprint density at radius 2 is 1.76 bits per heavy atom. The molecule has 1 aliphatic heterocycles. The van der Waals surface area contributed by atoms with Gasteiger partial charge in [0, 0.05) is 13.1 Å². The molecular formula is C18H17FN2. The maximum atomic E-state index is 13.2. The quantitative estimate of drug-likeness (QED) is 0.828. The number of anilines is 1. The zero-order valence-corrected chi connectivity index (χ0v) is 11.8. The van der Waals surface area contributed by atoms with E-state index < -0.39 is 0 Å². The fourth-order valence-electron chi connectivity index (χ4n) is 3.05. The Hall–Kier alpha value is -2.34. The van der Waals surface area contributed by atoms with Gasteiger partial charge in [0.25, 0.3) is 0 Å². The van der Waals surface area contributed by atoms with E-state index in [0.29, 0.717) is 11.5 Å². The van der Waals surface area contributed by atoms with E-state index in [1.165, 1.54) is 17.7 Å². The molecule has 3 rings (SSSR count). The van der Waals surface area contributed by atoms with Crippen molar-refractivity contribution in [2.75, 3.05) is 18.0 Å². The Morgan fingerprint density at radius 1 is 1.05 bits per heavy atom. The van der Waals surface area contributed by atoms with Crippen molar-refractivity contribution in [2.24, 2.45) is 0 Å². The van der Waals surface area contributed by atoms with Crippen LogP contribution in [0.1, 0.15) is 29.9 Å². The van der Waals surface area contributed by atoms with E-state index in [1.54, 1.807) is 6.07 Å². The standard InChI is InChI=1S/C18H17FN2/c19-17-6-7-18(16(12-17)13-20)21-10-8-15(9-11-21)14-4-2-1-3-5-14/h1-7,12,15H,8-11H2. The average molecular weight is 280 g/mol. The summed E-state index contributed by atoms with van der Waals surface area (Å²) in [7, 11) is 0. The summed E-state index contributed by atoms with van der Waals surface area (Å²) >= 11 is 0. The summed E-state index contributed by atoms with van der Waals surface area (Å²) in [6, 6.07) is 17.1. The van der Waals surface area contributed by atoms with Crippen LogP contribution in [0.25, 0.3) is 0 Å². The van der Waals surface area contributed by atoms with Crippen LogP contribution in [0.3, 0.4) is 0 Å². The predicted octanol–water partition coefficient (Wildman–Crippen LogP) is 4.08. The Balaban J connectivity index is 1.73. The summed E-state index contributed by atoms with van der Waals surface area (Å²) in [5, 5.41) is 9.16. The summed E-state index contributed by atoms with van der Waals surface area (Å²) in [5.74, 6) is 0.225. The smallest absolute Gasteiger partial charge is 0.124 e. The largest absolute Gasteiger partial charge is 0.370 e. The molecule has 2 aromatic rings. The van der Waals surface area contributed by atoms with Crippen LogP contribution in [0, 0.1) is 17.1 Å². The molecule has 1 saturated heterocycles. The lowest BCUT2D eigenvalue weighted by molar-refractivity contribution is 0.505. The molecule has 21 heavy (non-hydrogen) atoms. The van der Waals surface area contributed by atoms with Crippen LogP contribution in [0.5, 0.6) is 0 Å². The molecule has 1 heterocycles. The summed E-state index contributed by atoms with van der Waals surface area (Å²) in [6.07, 6.45) is 2.12. The third kappa shape index (κ3) is 2.90. The molecule has 1 fully saturated rings. The normalized spacial score (nSPS) is 15.7. The third-order valence-electron chi connectivity index (χ3n) is 4.19. The van der Waals surface area contributed by atoms with Gasteiger partial charge in [-0.3, -0.25) is 0 Å². The lowest BCUT2D eigenvalue weighted by Gasteiger charge is -2.34. The van der Waals surface area contributed by atoms with Crippen molar-refractivity contribution in [1.82, 2.24) is 0 Å². The van der Waals surface area contributed by atoms with Gasteiger partial charge in [-0.15, -0.1) is 0 Å². The Morgan fingerprint density at radius 3 is 2.43 bits per heavy atom. The number of halogens is 1. The van der Waals surface area contributed by atoms with Gasteiger partial charge in [0.2, 0.25) is 0 Å². The van der Waals surface area contributed by atoms with Gasteiger partial charge in [0.1, 0.15) is 11.9 Å². The Bertz CT molecular complexity index is 653. The van der Waals surface area contributed by atoms with Gasteiger partial charge in [0.15, 0.2) is 0 Å². The number of piperidine rings is 1. The second-order valence-electron chi connectivity index (χ2n) is 5.45. The zero-order valence-electron chi connectivity index (χ0n) is 11.8. The van der Waals surface area contributed by atoms with Crippen LogP contribution in [-0.2, 0) is 0 Å². The van der Waals surface area contributed by atoms with Crippen molar-refractivity contribution >= 4 is 5.69 Å². The van der Waals surface area contributed by atoms with Crippen molar-refractivity contribution in [3.05, 3.63) is 65.5 Å². The molecule has 0 spiro atoms. The van der Waals surface area contributed by atoms with E-state index in [0.717, 1.165) is 31.6 Å². The van der Waals surface area contributed by atoms with Gasteiger partial charge in [-0.25, -0.2) is 4.39 Å². The van der Waals surface area contributed by atoms with Crippen molar-refractivity contribution in [3.63, 3.8) is 0 Å². The highest BCUT2D eigenvalue weighted by Gasteiger charge is 2.22. The second kappa shape index (κ2) is 5.97. The average Bonchev–Trinajstić information content (AvgIpc) is 2.56. The van der Waals surface area contributed by atoms with Crippen LogP contribution in [0.4, 0.5) is 10.1 Å². The molecule has 2 aromatic carbocycles. The monoisotopic (exact) mass is 280 g/mol. The molecule has 0 saturated carbocycles. The van der Waals surface area contributed by atoms with E-state index in [2.05, 4.69) is 35.2 Å². The number of nitrogens with zero attached hydrogens (tertiary/aromatic N) is 2. The maximum Gasteiger partial charge on any atom is 0.124 e. The zero-order chi connectivity index (χ0) is 14.7. The fourth-order valence-corrected chi connectivity index (χ4v) is 3.05. The van der Waals surface area contributed by atoms with E-state index >= 15 is 0 Å². The lowest BCUT2D eigenvalue weighted by Crippen LogP contribution is -2.33. The van der Waals surface area contributed by atoms with E-state index in [1.807, 2.05) is 6.07 Å². The molecule has 0 bridgehead atoms. The molecule has 106 valence electrons. The van der Waals surface area contributed by atoms with E-state index in [9.17, 15) is 4.39 Å². The highest BCUT2D eigenvalue weighted by molar-refractivity contribution is 5.59. The van der Waals surface area contributed by atoms with Gasteiger partial charge in [0.05, 0.1) is 11.3 Å². The third-order valence-corrected chi connectivity index (χ3v) is 4.19. The molecule has 0 N–H and O–H groups in total. The first-order valence-corrected chi connectivity index (χ1v) is 7.27. The molecule has 2 nitrogen and oxygen atoms in total. The summed E-state index contributed by atoms with van der Waals surface area (Å²) in [4.78, 5) is 2.19. The van der Waals surface area contributed by atoms with Gasteiger partial charge < -0.3 is 4.90 Å². The van der Waals surface area contributed by atoms with Gasteiger partial charge >= 0.3 is 0 Å². The number of benzene rings is 2. The SMILES string of the molecule is N#Cc1cc(F)ccc1N1CCC(c2ccccc2)CC1. The van der Waals surface area contributed by atoms with Crippen LogP contribution in [0.2, 0.25) is 0 Å². The van der Waals surface area contributed by atoms with Gasteiger partial charge in [-0.2, -0.15) is 5.26 Å². The molecule has 0 amide bonds. The number of nitriles is 1. The second-order valence-corrected chi connectivity index (χ2v) is 5.45. The molecule has 0 unspecified atom stereocenters. The van der Waals surface area contributed by atoms with Gasteiger partial charge in [-0.05, 0) is 42.5 Å². The van der Waals surface area contributed by atoms with E-state index in [4.69, 9.17) is 5.26 Å². The van der Waals surface area contributed by atoms with Crippen molar-refractivity contribution in [3.8, 4) is 6.07 Å². The van der Waals surface area contributed by atoms with Crippen molar-refractivity contribution in [1.29, 1.82) is 5.26 Å². The Labute approximate surface area is 124 Å². The number of rotatable bonds is 2. The topological polar surface area (TPSA) is 27.0 Å². The van der Waals surface area contributed by atoms with Crippen LogP contribution >= 0.6 is 0 Å². The molecule has 1 aliphatic rings. The Kier molecular flexibility index (Phi) is 3.87. The first kappa shape index (κ1) is 13.6. The molecule has 0 radical (unpaired) electrons. The summed E-state index contributed by atoms with van der Waals surface area (Å²) < 4.78 is 13.2. The van der Waals surface area contributed by atoms with E-state index in [-0.39, 0.29) is 5.82 Å². The minimum Gasteiger partial charge on any atom is -0.370 e. The fraction of sp³-hybridized carbons (Fsp3) is 0.278. The molecular weight excluding hydrogens is 263 g/mol. The van der Waals surface area contributed by atoms with Crippen LogP contribution < -0.4 is 4.90 Å². The van der Waals surface area contributed by atoms with Crippen molar-refractivity contribution in [2.45, 2.75) is 18.8 Å². The maximum absolute atomic E-state index is 13.2. The highest BCUT2D eigenvalue weighted by atomic mass is 19.1. The molecule has 3 heteroatoms. The van der Waals surface area contributed by atoms with Crippen molar-refractivity contribution < 1.29 is 4.39 Å². The summed E-state index contributed by atoms with van der Waals surface area (Å²) in [5.41, 5.74) is 2.66. The number of hydrogen-bond acceptors (Lipinski definition) is 2. The van der Waals surface area contributed by atoms with Crippen LogP contribution in [0.15, 0.2) is 48.5 Å². The molecule has 0 atom stereocenters. The minimum absolute atomic E-state index is 0.352. The highest BCUT2D eigenvalue weighted by Crippen LogP contribution is 2.31. The first-order chi connectivity index (χ1) is 10.3. The minimum atomic E-state index is -0.352. The molecule has 0 aliphatic carbocycles. The van der Waals surface area contributed by atoms with Gasteiger partial charge in [-0.1, -0.05) is 30.3 Å². The number of hydrogen-bond donors (Lipinski definition) is 0.